The highest BCUT2D eigenvalue weighted by Gasteiger charge is 2.28. The third-order valence-corrected chi connectivity index (χ3v) is 8.21. The summed E-state index contributed by atoms with van der Waals surface area (Å²) in [6.07, 6.45) is 2.48. The maximum absolute atomic E-state index is 12.7. The Kier molecular flexibility index (Phi) is 7.27. The van der Waals surface area contributed by atoms with Crippen LogP contribution in [0.3, 0.4) is 0 Å². The number of esters is 1. The summed E-state index contributed by atoms with van der Waals surface area (Å²) in [6, 6.07) is 5.96. The molecule has 3 aromatic rings. The fraction of sp³-hybridized carbons (Fsp3) is 0.417. The molecular weight excluding hydrogens is 472 g/mol. The fourth-order valence-corrected chi connectivity index (χ4v) is 6.02. The molecule has 1 unspecified atom stereocenters. The van der Waals surface area contributed by atoms with Gasteiger partial charge >= 0.3 is 5.97 Å². The van der Waals surface area contributed by atoms with Gasteiger partial charge in [-0.2, -0.15) is 0 Å². The summed E-state index contributed by atoms with van der Waals surface area (Å²) in [5.74, 6) is 1.01. The van der Waals surface area contributed by atoms with Crippen molar-refractivity contribution in [2.24, 2.45) is 7.05 Å². The molecule has 1 aliphatic carbocycles. The van der Waals surface area contributed by atoms with Gasteiger partial charge in [0.05, 0.1) is 18.4 Å². The number of hydrogen-bond acceptors (Lipinski definition) is 8. The summed E-state index contributed by atoms with van der Waals surface area (Å²) in [5, 5.41) is 12.6. The van der Waals surface area contributed by atoms with Crippen molar-refractivity contribution in [2.75, 3.05) is 18.2 Å². The zero-order chi connectivity index (χ0) is 24.4. The number of ether oxygens (including phenoxy) is 2. The molecule has 0 saturated heterocycles. The predicted octanol–water partition coefficient (Wildman–Crippen LogP) is 4.64. The van der Waals surface area contributed by atoms with Crippen molar-refractivity contribution in [1.82, 2.24) is 14.8 Å². The quantitative estimate of drug-likeness (QED) is 0.356. The van der Waals surface area contributed by atoms with Crippen LogP contribution in [0, 0.1) is 13.8 Å². The molecule has 1 aromatic carbocycles. The second kappa shape index (κ2) is 10.2. The number of thioether (sulfide) groups is 1. The monoisotopic (exact) mass is 500 g/mol. The number of hydrogen-bond donors (Lipinski definition) is 1. The lowest BCUT2D eigenvalue weighted by atomic mass is 10.1. The smallest absolute Gasteiger partial charge is 0.341 e. The van der Waals surface area contributed by atoms with E-state index in [2.05, 4.69) is 15.5 Å². The molecule has 180 valence electrons. The highest BCUT2D eigenvalue weighted by Crippen LogP contribution is 2.39. The Morgan fingerprint density at radius 3 is 2.82 bits per heavy atom. The van der Waals surface area contributed by atoms with E-state index in [0.29, 0.717) is 21.5 Å². The van der Waals surface area contributed by atoms with E-state index in [1.807, 2.05) is 50.6 Å². The minimum atomic E-state index is -0.405. The van der Waals surface area contributed by atoms with E-state index in [-0.39, 0.29) is 17.8 Å². The molecule has 0 fully saturated rings. The number of aromatic nitrogens is 3. The standard InChI is InChI=1S/C24H28N4O4S2/c1-13-8-6-10-17(14(13)2)32-15(3)21-26-27-24(28(21)4)33-12-19(29)25-22-20(23(30)31-5)16-9-7-11-18(16)34-22/h6,8,10,15H,7,9,11-12H2,1-5H3,(H,25,29). The van der Waals surface area contributed by atoms with Crippen LogP contribution in [0.5, 0.6) is 5.75 Å². The molecule has 0 saturated carbocycles. The molecule has 34 heavy (non-hydrogen) atoms. The molecule has 1 aliphatic rings. The van der Waals surface area contributed by atoms with Crippen molar-refractivity contribution in [1.29, 1.82) is 0 Å². The number of rotatable bonds is 8. The number of nitrogens with one attached hydrogen (secondary N) is 1. The highest BCUT2D eigenvalue weighted by molar-refractivity contribution is 7.99. The van der Waals surface area contributed by atoms with E-state index in [9.17, 15) is 9.59 Å². The summed E-state index contributed by atoms with van der Waals surface area (Å²) >= 11 is 2.75. The topological polar surface area (TPSA) is 95.3 Å². The molecule has 0 radical (unpaired) electrons. The average molecular weight is 501 g/mol. The molecule has 1 amide bonds. The molecule has 1 N–H and O–H groups in total. The van der Waals surface area contributed by atoms with Gasteiger partial charge in [0.2, 0.25) is 5.91 Å². The van der Waals surface area contributed by atoms with E-state index in [1.165, 1.54) is 30.2 Å². The second-order valence-corrected chi connectivity index (χ2v) is 10.3. The van der Waals surface area contributed by atoms with Crippen LogP contribution in [-0.4, -0.2) is 39.5 Å². The van der Waals surface area contributed by atoms with Crippen molar-refractivity contribution in [3.63, 3.8) is 0 Å². The largest absolute Gasteiger partial charge is 0.482 e. The maximum atomic E-state index is 12.7. The van der Waals surface area contributed by atoms with Crippen molar-refractivity contribution in [3.05, 3.63) is 51.2 Å². The molecule has 1 atom stereocenters. The van der Waals surface area contributed by atoms with E-state index in [4.69, 9.17) is 9.47 Å². The van der Waals surface area contributed by atoms with Gasteiger partial charge in [0, 0.05) is 11.9 Å². The molecule has 0 aliphatic heterocycles. The first-order chi connectivity index (χ1) is 16.3. The number of methoxy groups -OCH3 is 1. The summed E-state index contributed by atoms with van der Waals surface area (Å²) in [4.78, 5) is 26.1. The summed E-state index contributed by atoms with van der Waals surface area (Å²) in [5.41, 5.74) is 3.76. The molecule has 10 heteroatoms. The number of aryl methyl sites for hydroxylation is 2. The Bertz CT molecular complexity index is 1230. The minimum Gasteiger partial charge on any atom is -0.482 e. The predicted molar refractivity (Wildman–Crippen MR) is 133 cm³/mol. The first-order valence-corrected chi connectivity index (χ1v) is 12.9. The Morgan fingerprint density at radius 1 is 1.26 bits per heavy atom. The van der Waals surface area contributed by atoms with E-state index in [0.717, 1.165) is 46.6 Å². The molecule has 0 bridgehead atoms. The van der Waals surface area contributed by atoms with Crippen LogP contribution in [-0.2, 0) is 29.4 Å². The van der Waals surface area contributed by atoms with Crippen LogP contribution >= 0.6 is 23.1 Å². The molecule has 8 nitrogen and oxygen atoms in total. The number of carbonyl (C=O) groups is 2. The fourth-order valence-electron chi connectivity index (χ4n) is 4.00. The third-order valence-electron chi connectivity index (χ3n) is 5.99. The van der Waals surface area contributed by atoms with Crippen molar-refractivity contribution in [2.45, 2.75) is 51.3 Å². The van der Waals surface area contributed by atoms with Gasteiger partial charge in [0.1, 0.15) is 10.8 Å². The Labute approximate surface area is 207 Å². The number of thiophene rings is 1. The van der Waals surface area contributed by atoms with Crippen LogP contribution < -0.4 is 10.1 Å². The Hall–Kier alpha value is -2.85. The van der Waals surface area contributed by atoms with Crippen LogP contribution in [0.2, 0.25) is 0 Å². The van der Waals surface area contributed by atoms with E-state index >= 15 is 0 Å². The van der Waals surface area contributed by atoms with Gasteiger partial charge in [0.25, 0.3) is 0 Å². The number of benzene rings is 1. The van der Waals surface area contributed by atoms with Gasteiger partial charge < -0.3 is 19.4 Å². The third kappa shape index (κ3) is 4.83. The Balaban J connectivity index is 1.40. The number of anilines is 1. The maximum Gasteiger partial charge on any atom is 0.341 e. The molecule has 2 heterocycles. The summed E-state index contributed by atoms with van der Waals surface area (Å²) < 4.78 is 12.9. The number of carbonyl (C=O) groups excluding carboxylic acids is 2. The van der Waals surface area contributed by atoms with Crippen molar-refractivity contribution >= 4 is 40.0 Å². The van der Waals surface area contributed by atoms with Gasteiger partial charge in [0.15, 0.2) is 17.1 Å². The second-order valence-electron chi connectivity index (χ2n) is 8.25. The van der Waals surface area contributed by atoms with Crippen LogP contribution in [0.25, 0.3) is 0 Å². The van der Waals surface area contributed by atoms with Gasteiger partial charge in [-0.25, -0.2) is 4.79 Å². The van der Waals surface area contributed by atoms with Crippen LogP contribution in [0.15, 0.2) is 23.4 Å². The van der Waals surface area contributed by atoms with Crippen LogP contribution in [0.1, 0.15) is 57.2 Å². The zero-order valence-electron chi connectivity index (χ0n) is 19.9. The normalized spacial score (nSPS) is 13.4. The number of amides is 1. The SMILES string of the molecule is COC(=O)c1c(NC(=O)CSc2nnc(C(C)Oc3cccc(C)c3C)n2C)sc2c1CCC2. The van der Waals surface area contributed by atoms with Gasteiger partial charge in [-0.05, 0) is 62.8 Å². The lowest BCUT2D eigenvalue weighted by Crippen LogP contribution is -2.16. The highest BCUT2D eigenvalue weighted by atomic mass is 32.2. The molecular formula is C24H28N4O4S2. The first kappa shape index (κ1) is 24.3. The average Bonchev–Trinajstić information content (AvgIpc) is 3.49. The van der Waals surface area contributed by atoms with E-state index < -0.39 is 5.97 Å². The minimum absolute atomic E-state index is 0.140. The Morgan fingerprint density at radius 2 is 2.06 bits per heavy atom. The molecule has 2 aromatic heterocycles. The number of fused-ring (bicyclic) bond motifs is 1. The molecule has 0 spiro atoms. The summed E-state index contributed by atoms with van der Waals surface area (Å²) in [7, 11) is 3.22. The number of nitrogens with zero attached hydrogens (tertiary/aromatic N) is 3. The van der Waals surface area contributed by atoms with Gasteiger partial charge in [-0.3, -0.25) is 4.79 Å². The van der Waals surface area contributed by atoms with Crippen LogP contribution in [0.4, 0.5) is 5.00 Å². The van der Waals surface area contributed by atoms with E-state index in [1.54, 1.807) is 0 Å². The van der Waals surface area contributed by atoms with Gasteiger partial charge in [-0.15, -0.1) is 21.5 Å². The lowest BCUT2D eigenvalue weighted by molar-refractivity contribution is -0.113. The lowest BCUT2D eigenvalue weighted by Gasteiger charge is -2.16. The van der Waals surface area contributed by atoms with Gasteiger partial charge in [-0.1, -0.05) is 23.9 Å². The zero-order valence-corrected chi connectivity index (χ0v) is 21.6. The summed E-state index contributed by atoms with van der Waals surface area (Å²) in [6.45, 7) is 6.01. The van der Waals surface area contributed by atoms with Crippen molar-refractivity contribution in [3.8, 4) is 5.75 Å². The molecule has 4 rings (SSSR count). The van der Waals surface area contributed by atoms with Crippen molar-refractivity contribution < 1.29 is 19.1 Å². The first-order valence-electron chi connectivity index (χ1n) is 11.1.